The highest BCUT2D eigenvalue weighted by Crippen LogP contribution is 2.24. The van der Waals surface area contributed by atoms with Crippen molar-refractivity contribution in [3.8, 4) is 5.75 Å². The molecule has 0 saturated carbocycles. The maximum atomic E-state index is 12.5. The molecule has 1 amide bonds. The molecule has 11 heteroatoms. The van der Waals surface area contributed by atoms with Gasteiger partial charge in [0.15, 0.2) is 4.80 Å². The van der Waals surface area contributed by atoms with Gasteiger partial charge >= 0.3 is 5.97 Å². The highest BCUT2D eigenvalue weighted by atomic mass is 32.2. The van der Waals surface area contributed by atoms with Gasteiger partial charge < -0.3 is 14.0 Å². The fourth-order valence-corrected chi connectivity index (χ4v) is 4.93. The van der Waals surface area contributed by atoms with Gasteiger partial charge in [-0.3, -0.25) is 19.7 Å². The van der Waals surface area contributed by atoms with Gasteiger partial charge in [-0.25, -0.2) is 0 Å². The van der Waals surface area contributed by atoms with Crippen LogP contribution < -0.4 is 9.54 Å². The van der Waals surface area contributed by atoms with Gasteiger partial charge in [-0.1, -0.05) is 11.3 Å². The van der Waals surface area contributed by atoms with E-state index < -0.39 is 10.9 Å². The molecule has 1 aromatic heterocycles. The number of hydrogen-bond donors (Lipinski definition) is 0. The number of carbonyl (C=O) groups is 2. The van der Waals surface area contributed by atoms with Crippen LogP contribution in [0.2, 0.25) is 0 Å². The summed E-state index contributed by atoms with van der Waals surface area (Å²) in [7, 11) is 1.62. The second kappa shape index (κ2) is 11.6. The quantitative estimate of drug-likeness (QED) is 0.138. The van der Waals surface area contributed by atoms with Crippen molar-refractivity contribution in [2.45, 2.75) is 31.2 Å². The number of ether oxygens (including phenoxy) is 2. The largest absolute Gasteiger partial charge is 0.497 e. The number of aromatic nitrogens is 1. The topological polar surface area (TPSA) is 113 Å². The highest BCUT2D eigenvalue weighted by Gasteiger charge is 2.15. The van der Waals surface area contributed by atoms with E-state index in [2.05, 4.69) is 4.99 Å². The summed E-state index contributed by atoms with van der Waals surface area (Å²) in [6.07, 6.45) is 0.879. The summed E-state index contributed by atoms with van der Waals surface area (Å²) in [5.74, 6) is 0.747. The second-order valence-corrected chi connectivity index (χ2v) is 9.00. The van der Waals surface area contributed by atoms with Crippen LogP contribution in [0.15, 0.2) is 52.4 Å². The number of thiazole rings is 1. The lowest BCUT2D eigenvalue weighted by atomic mass is 10.3. The van der Waals surface area contributed by atoms with Crippen molar-refractivity contribution in [2.24, 2.45) is 4.99 Å². The summed E-state index contributed by atoms with van der Waals surface area (Å²) in [6.45, 7) is 1.80. The predicted molar refractivity (Wildman–Crippen MR) is 127 cm³/mol. The van der Waals surface area contributed by atoms with Crippen molar-refractivity contribution in [2.75, 3.05) is 19.5 Å². The van der Waals surface area contributed by atoms with Gasteiger partial charge in [-0.05, 0) is 49.4 Å². The van der Waals surface area contributed by atoms with Crippen molar-refractivity contribution in [1.82, 2.24) is 4.57 Å². The van der Waals surface area contributed by atoms with E-state index in [0.29, 0.717) is 21.4 Å². The van der Waals surface area contributed by atoms with Crippen LogP contribution in [-0.2, 0) is 20.9 Å². The molecule has 0 radical (unpaired) electrons. The fourth-order valence-electron chi connectivity index (χ4n) is 3.00. The molecule has 174 valence electrons. The molecule has 3 rings (SSSR count). The standard InChI is InChI=1S/C22H23N3O6S2/c1-3-31-21(27)14-24-18-11-6-15(25(28)29)13-19(18)33-22(24)23-20(26)5-4-12-32-17-9-7-16(30-2)8-10-17/h6-11,13H,3-5,12,14H2,1-2H3. The first-order chi connectivity index (χ1) is 15.9. The van der Waals surface area contributed by atoms with Gasteiger partial charge in [-0.2, -0.15) is 4.99 Å². The lowest BCUT2D eigenvalue weighted by Gasteiger charge is -2.05. The summed E-state index contributed by atoms with van der Waals surface area (Å²) < 4.78 is 12.3. The summed E-state index contributed by atoms with van der Waals surface area (Å²) in [4.78, 5) is 40.8. The van der Waals surface area contributed by atoms with Gasteiger partial charge in [0.2, 0.25) is 5.91 Å². The van der Waals surface area contributed by atoms with E-state index in [-0.39, 0.29) is 31.2 Å². The molecule has 33 heavy (non-hydrogen) atoms. The zero-order chi connectivity index (χ0) is 23.8. The van der Waals surface area contributed by atoms with E-state index in [1.807, 2.05) is 24.3 Å². The molecule has 0 bridgehead atoms. The number of hydrogen-bond acceptors (Lipinski definition) is 8. The Morgan fingerprint density at radius 1 is 1.21 bits per heavy atom. The first-order valence-corrected chi connectivity index (χ1v) is 12.0. The second-order valence-electron chi connectivity index (χ2n) is 6.82. The molecule has 0 unspecified atom stereocenters. The number of esters is 1. The third-order valence-corrected chi connectivity index (χ3v) is 6.69. The van der Waals surface area contributed by atoms with Gasteiger partial charge in [-0.15, -0.1) is 11.8 Å². The summed E-state index contributed by atoms with van der Waals surface area (Å²) in [5.41, 5.74) is 0.515. The molecule has 0 fully saturated rings. The van der Waals surface area contributed by atoms with Crippen LogP contribution >= 0.6 is 23.1 Å². The third-order valence-electron chi connectivity index (χ3n) is 4.55. The number of rotatable bonds is 10. The number of benzene rings is 2. The third kappa shape index (κ3) is 6.65. The van der Waals surface area contributed by atoms with Crippen LogP contribution in [0.1, 0.15) is 19.8 Å². The molecule has 2 aromatic carbocycles. The van der Waals surface area contributed by atoms with Crippen LogP contribution in [0.25, 0.3) is 10.2 Å². The predicted octanol–water partition coefficient (Wildman–Crippen LogP) is 4.18. The van der Waals surface area contributed by atoms with Crippen molar-refractivity contribution < 1.29 is 24.0 Å². The minimum atomic E-state index is -0.489. The highest BCUT2D eigenvalue weighted by molar-refractivity contribution is 7.99. The molecular weight excluding hydrogens is 466 g/mol. The van der Waals surface area contributed by atoms with E-state index in [1.54, 1.807) is 36.4 Å². The van der Waals surface area contributed by atoms with Crippen LogP contribution in [0.4, 0.5) is 5.69 Å². The Morgan fingerprint density at radius 3 is 2.64 bits per heavy atom. The summed E-state index contributed by atoms with van der Waals surface area (Å²) in [6, 6.07) is 12.0. The normalized spacial score (nSPS) is 11.5. The minimum absolute atomic E-state index is 0.0690. The van der Waals surface area contributed by atoms with Crippen molar-refractivity contribution >= 4 is 50.9 Å². The summed E-state index contributed by atoms with van der Waals surface area (Å²) in [5, 5.41) is 11.1. The lowest BCUT2D eigenvalue weighted by Crippen LogP contribution is -2.23. The molecule has 9 nitrogen and oxygen atoms in total. The Kier molecular flexibility index (Phi) is 8.61. The average molecular weight is 490 g/mol. The van der Waals surface area contributed by atoms with E-state index in [1.165, 1.54) is 12.1 Å². The zero-order valence-electron chi connectivity index (χ0n) is 18.2. The number of non-ortho nitro benzene ring substituents is 1. The lowest BCUT2D eigenvalue weighted by molar-refractivity contribution is -0.384. The first-order valence-electron chi connectivity index (χ1n) is 10.2. The monoisotopic (exact) mass is 489 g/mol. The fraction of sp³-hybridized carbons (Fsp3) is 0.318. The Hall–Kier alpha value is -3.18. The minimum Gasteiger partial charge on any atom is -0.497 e. The van der Waals surface area contributed by atoms with Crippen molar-refractivity contribution in [3.63, 3.8) is 0 Å². The Labute approximate surface area is 198 Å². The molecule has 0 N–H and O–H groups in total. The van der Waals surface area contributed by atoms with Crippen LogP contribution in [0.5, 0.6) is 5.75 Å². The number of thioether (sulfide) groups is 1. The van der Waals surface area contributed by atoms with E-state index in [4.69, 9.17) is 9.47 Å². The number of nitro benzene ring substituents is 1. The molecule has 0 aliphatic heterocycles. The number of fused-ring (bicyclic) bond motifs is 1. The van der Waals surface area contributed by atoms with E-state index >= 15 is 0 Å². The average Bonchev–Trinajstić information content (AvgIpc) is 3.13. The van der Waals surface area contributed by atoms with Crippen LogP contribution in [0, 0.1) is 10.1 Å². The Balaban J connectivity index is 1.73. The molecular formula is C22H23N3O6S2. The van der Waals surface area contributed by atoms with Crippen molar-refractivity contribution in [1.29, 1.82) is 0 Å². The van der Waals surface area contributed by atoms with E-state index in [9.17, 15) is 19.7 Å². The number of methoxy groups -OCH3 is 1. The van der Waals surface area contributed by atoms with Crippen molar-refractivity contribution in [3.05, 3.63) is 57.4 Å². The number of carbonyl (C=O) groups excluding carboxylic acids is 2. The molecule has 3 aromatic rings. The van der Waals surface area contributed by atoms with Gasteiger partial charge in [0, 0.05) is 23.4 Å². The Bertz CT molecular complexity index is 1220. The summed E-state index contributed by atoms with van der Waals surface area (Å²) >= 11 is 2.77. The molecule has 1 heterocycles. The van der Waals surface area contributed by atoms with Crippen LogP contribution in [-0.4, -0.2) is 40.8 Å². The van der Waals surface area contributed by atoms with Crippen LogP contribution in [0.3, 0.4) is 0 Å². The van der Waals surface area contributed by atoms with Gasteiger partial charge in [0.05, 0.1) is 28.9 Å². The van der Waals surface area contributed by atoms with Gasteiger partial charge in [0.25, 0.3) is 5.69 Å². The SMILES string of the molecule is CCOC(=O)Cn1c(=NC(=O)CCCSc2ccc(OC)cc2)sc2cc([N+](=O)[O-])ccc21. The molecule has 0 aliphatic rings. The number of nitro groups is 1. The maximum absolute atomic E-state index is 12.5. The first kappa shape index (κ1) is 24.5. The molecule has 0 aliphatic carbocycles. The molecule has 0 saturated heterocycles. The van der Waals surface area contributed by atoms with Gasteiger partial charge in [0.1, 0.15) is 12.3 Å². The number of nitrogens with zero attached hydrogens (tertiary/aromatic N) is 3. The maximum Gasteiger partial charge on any atom is 0.326 e. The molecule has 0 atom stereocenters. The van der Waals surface area contributed by atoms with E-state index in [0.717, 1.165) is 27.7 Å². The Morgan fingerprint density at radius 2 is 1.97 bits per heavy atom. The zero-order valence-corrected chi connectivity index (χ0v) is 19.8. The molecule has 0 spiro atoms. The number of amides is 1. The smallest absolute Gasteiger partial charge is 0.326 e.